The van der Waals surface area contributed by atoms with E-state index in [9.17, 15) is 0 Å². The summed E-state index contributed by atoms with van der Waals surface area (Å²) in [5, 5.41) is 0. The van der Waals surface area contributed by atoms with Gasteiger partial charge in [-0.25, -0.2) is 18.3 Å². The molecule has 0 fully saturated rings. The molecule has 0 radical (unpaired) electrons. The number of nitrogens with zero attached hydrogens (tertiary/aromatic N) is 4. The third-order valence-electron chi connectivity index (χ3n) is 12.7. The zero-order valence-electron chi connectivity index (χ0n) is 61.4. The summed E-state index contributed by atoms with van der Waals surface area (Å²) in [6.45, 7) is 29.2. The average Bonchev–Trinajstić information content (AvgIpc) is 0.969. The minimum Gasteiger partial charge on any atom is -0.201 e. The maximum atomic E-state index is 8.53. The van der Waals surface area contributed by atoms with Crippen LogP contribution in [0.2, 0.25) is 0 Å². The van der Waals surface area contributed by atoms with E-state index in [1.54, 1.807) is 12.1 Å². The fourth-order valence-electron chi connectivity index (χ4n) is 9.18. The van der Waals surface area contributed by atoms with Crippen molar-refractivity contribution in [3.63, 3.8) is 0 Å². The van der Waals surface area contributed by atoms with Crippen LogP contribution in [0.5, 0.6) is 0 Å². The summed E-state index contributed by atoms with van der Waals surface area (Å²) >= 11 is 0. The Balaban J connectivity index is 0.000000214. The molecule has 0 N–H and O–H groups in total. The second-order valence-corrected chi connectivity index (χ2v) is 24.0. The summed E-state index contributed by atoms with van der Waals surface area (Å²) < 4.78 is 97.6. The molecule has 0 aliphatic rings. The van der Waals surface area contributed by atoms with E-state index in [-0.39, 0.29) is 5.92 Å². The van der Waals surface area contributed by atoms with Gasteiger partial charge in [-0.2, -0.15) is 0 Å². The van der Waals surface area contributed by atoms with Gasteiger partial charge in [0, 0.05) is 83.9 Å². The van der Waals surface area contributed by atoms with Gasteiger partial charge < -0.3 is 0 Å². The summed E-state index contributed by atoms with van der Waals surface area (Å²) in [6.07, 6.45) is 2.08. The first-order valence-electron chi connectivity index (χ1n) is 32.6. The number of pyridine rings is 4. The lowest BCUT2D eigenvalue weighted by molar-refractivity contribution is -0.661. The Morgan fingerprint density at radius 1 is 0.390 bits per heavy atom. The molecule has 0 aliphatic carbocycles. The molecule has 77 heavy (non-hydrogen) atoms. The van der Waals surface area contributed by atoms with E-state index >= 15 is 0 Å². The van der Waals surface area contributed by atoms with Gasteiger partial charge in [0.2, 0.25) is 22.8 Å². The van der Waals surface area contributed by atoms with E-state index in [1.807, 2.05) is 240 Å². The molecule has 406 valence electrons. The van der Waals surface area contributed by atoms with E-state index in [2.05, 4.69) is 63.2 Å². The lowest BCUT2D eigenvalue weighted by Crippen LogP contribution is -2.32. The second kappa shape index (κ2) is 26.7. The van der Waals surface area contributed by atoms with Crippen molar-refractivity contribution in [2.24, 2.45) is 50.4 Å². The number of aryl methyl sites for hydroxylation is 10. The van der Waals surface area contributed by atoms with E-state index in [1.165, 1.54) is 33.4 Å². The largest absolute Gasteiger partial charge is 0.212 e. The van der Waals surface area contributed by atoms with Gasteiger partial charge in [-0.1, -0.05) is 148 Å². The molecule has 4 nitrogen and oxygen atoms in total. The Morgan fingerprint density at radius 2 is 0.753 bits per heavy atom. The van der Waals surface area contributed by atoms with Crippen LogP contribution in [-0.4, -0.2) is 0 Å². The zero-order chi connectivity index (χ0) is 66.7. The van der Waals surface area contributed by atoms with Crippen molar-refractivity contribution in [2.75, 3.05) is 0 Å². The van der Waals surface area contributed by atoms with Crippen LogP contribution in [0, 0.1) is 63.6 Å². The van der Waals surface area contributed by atoms with Gasteiger partial charge in [0.15, 0.2) is 24.8 Å². The molecule has 4 aromatic carbocycles. The first-order chi connectivity index (χ1) is 40.3. The monoisotopic (exact) mass is 1040 g/mol. The molecule has 0 bridgehead atoms. The predicted molar refractivity (Wildman–Crippen MR) is 329 cm³/mol. The highest BCUT2D eigenvalue weighted by Crippen LogP contribution is 2.28. The van der Waals surface area contributed by atoms with Gasteiger partial charge in [0.25, 0.3) is 0 Å². The molecule has 0 spiro atoms. The molecule has 0 saturated carbocycles. The SMILES string of the molecule is [2H]C([2H])([2H])c1ccc(-c2ccc(C([2H])([2H])C(C)(C)C)c[n+]2C)c(C)c1.[2H]C([2H])(c1c[n+](C)c(-c2ccccc2C)cc1C)C(C)(C)C.[2H]C([2H])(c1ccc(-c2ccccc2C)[n+](C)c1)C(C)(C)C.[2H]C([2H])(c1ccc(-c2ccccc2C)[n+](C)c1)C(C)C. The summed E-state index contributed by atoms with van der Waals surface area (Å²) in [7, 11) is 7.82. The molecule has 0 amide bonds. The van der Waals surface area contributed by atoms with Crippen molar-refractivity contribution in [3.8, 4) is 45.0 Å². The van der Waals surface area contributed by atoms with Crippen LogP contribution in [0.15, 0.2) is 158 Å². The van der Waals surface area contributed by atoms with Crippen molar-refractivity contribution < 1.29 is 33.3 Å². The first kappa shape index (κ1) is 46.6. The Hall–Kier alpha value is -6.52. The molecule has 8 aromatic rings. The molecular formula is C73H98N4+4. The summed E-state index contributed by atoms with van der Waals surface area (Å²) in [6, 6.07) is 43.6. The maximum absolute atomic E-state index is 8.53. The third kappa shape index (κ3) is 18.9. The third-order valence-corrected chi connectivity index (χ3v) is 12.7. The van der Waals surface area contributed by atoms with Crippen molar-refractivity contribution in [3.05, 3.63) is 214 Å². The number of hydrogen-bond donors (Lipinski definition) is 0. The highest BCUT2D eigenvalue weighted by Gasteiger charge is 2.21. The van der Waals surface area contributed by atoms with Crippen LogP contribution in [-0.2, 0) is 53.7 Å². The highest BCUT2D eigenvalue weighted by atomic mass is 14.9. The van der Waals surface area contributed by atoms with Gasteiger partial charge in [-0.3, -0.25) is 0 Å². The fourth-order valence-corrected chi connectivity index (χ4v) is 9.18. The van der Waals surface area contributed by atoms with E-state index in [0.717, 1.165) is 56.2 Å². The van der Waals surface area contributed by atoms with Gasteiger partial charge in [0.05, 0.1) is 0 Å². The quantitative estimate of drug-likeness (QED) is 0.128. The molecule has 0 unspecified atom stereocenters. The molecule has 0 aliphatic heterocycles. The Morgan fingerprint density at radius 3 is 1.12 bits per heavy atom. The molecule has 0 atom stereocenters. The normalized spacial score (nSPS) is 14.5. The molecule has 4 aromatic heterocycles. The van der Waals surface area contributed by atoms with E-state index in [4.69, 9.17) is 15.1 Å². The summed E-state index contributed by atoms with van der Waals surface area (Å²) in [5.74, 6) is -0.0492. The van der Waals surface area contributed by atoms with Crippen LogP contribution in [0.1, 0.15) is 147 Å². The molecule has 4 heteroatoms. The molecule has 8 rings (SSSR count). The van der Waals surface area contributed by atoms with Crippen LogP contribution < -0.4 is 18.3 Å². The van der Waals surface area contributed by atoms with E-state index < -0.39 is 48.6 Å². The van der Waals surface area contributed by atoms with Crippen molar-refractivity contribution in [1.82, 2.24) is 0 Å². The van der Waals surface area contributed by atoms with Crippen molar-refractivity contribution >= 4 is 0 Å². The first-order valence-corrected chi connectivity index (χ1v) is 27.1. The lowest BCUT2D eigenvalue weighted by Gasteiger charge is -2.19. The number of rotatable bonds is 9. The Bertz CT molecular complexity index is 3730. The minimum atomic E-state index is -2.11. The predicted octanol–water partition coefficient (Wildman–Crippen LogP) is 16.5. The fraction of sp³-hybridized carbons (Fsp3) is 0.397. The molecule has 0 saturated heterocycles. The number of aromatic nitrogens is 4. The number of benzene rings is 4. The second-order valence-electron chi connectivity index (χ2n) is 24.0. The van der Waals surface area contributed by atoms with Crippen LogP contribution in [0.4, 0.5) is 0 Å². The van der Waals surface area contributed by atoms with Crippen LogP contribution in [0.25, 0.3) is 45.0 Å². The van der Waals surface area contributed by atoms with Crippen LogP contribution in [0.3, 0.4) is 0 Å². The standard InChI is InChI=1S/2C19H26N.C18H24N.C17H22N/c1-14-7-9-17(15(2)11-14)18-10-8-16(13-20(18)6)12-19(3,4)5;1-14-9-7-8-10-17(14)18-11-15(2)16(13-20(18)6)12-19(3,4)5;1-14-8-6-7-9-16(14)17-11-10-15(13-19(17)5)12-18(2,3)4;1-13(2)11-15-9-10-17(18(4)12-15)16-8-6-5-7-14(16)3/h2*7-11,13H,12H2,1-6H3;6-11,13H,12H2,1-5H3;5-10,12-13H,11H2,1-4H3/q4*+1/i1D3,12D2;2*12D2;11D2. The van der Waals surface area contributed by atoms with Crippen LogP contribution >= 0.6 is 0 Å². The van der Waals surface area contributed by atoms with E-state index in [0.29, 0.717) is 11.1 Å². The smallest absolute Gasteiger partial charge is 0.201 e. The van der Waals surface area contributed by atoms with Gasteiger partial charge in [0.1, 0.15) is 28.2 Å². The maximum Gasteiger partial charge on any atom is 0.212 e. The average molecular weight is 1040 g/mol. The topological polar surface area (TPSA) is 15.5 Å². The van der Waals surface area contributed by atoms with Gasteiger partial charge in [-0.05, 0) is 159 Å². The minimum absolute atomic E-state index is 0.0492. The molecular weight excluding hydrogens is 933 g/mol. The zero-order valence-corrected chi connectivity index (χ0v) is 50.4. The van der Waals surface area contributed by atoms with Crippen molar-refractivity contribution in [1.29, 1.82) is 0 Å². The van der Waals surface area contributed by atoms with Crippen molar-refractivity contribution in [2.45, 2.75) is 143 Å². The lowest BCUT2D eigenvalue weighted by atomic mass is 9.87. The summed E-state index contributed by atoms with van der Waals surface area (Å²) in [5.41, 5.74) is 16.1. The summed E-state index contributed by atoms with van der Waals surface area (Å²) in [4.78, 5) is 0. The Labute approximate surface area is 484 Å². The highest BCUT2D eigenvalue weighted by molar-refractivity contribution is 5.64. The van der Waals surface area contributed by atoms with Gasteiger partial charge in [-0.15, -0.1) is 0 Å². The molecule has 4 heterocycles. The Kier molecular flexibility index (Phi) is 16.1. The number of hydrogen-bond acceptors (Lipinski definition) is 0. The van der Waals surface area contributed by atoms with Gasteiger partial charge >= 0.3 is 0 Å².